The fraction of sp³-hybridized carbons (Fsp3) is 0.444. The summed E-state index contributed by atoms with van der Waals surface area (Å²) < 4.78 is 27.1. The van der Waals surface area contributed by atoms with Gasteiger partial charge < -0.3 is 10.4 Å². The van der Waals surface area contributed by atoms with E-state index in [2.05, 4.69) is 15.1 Å². The average molecular weight is 290 g/mol. The number of rotatable bonds is 6. The molecule has 0 saturated carbocycles. The maximum Gasteiger partial charge on any atom is 0.322 e. The Bertz CT molecular complexity index is 579. The number of aromatic nitrogens is 2. The molecule has 0 fully saturated rings. The third-order valence-electron chi connectivity index (χ3n) is 2.13. The Balaban J connectivity index is 2.68. The molecule has 106 valence electrons. The summed E-state index contributed by atoms with van der Waals surface area (Å²) in [5, 5.41) is 14.2. The minimum atomic E-state index is -3.86. The number of sulfonamides is 1. The molecule has 1 unspecified atom stereocenters. The van der Waals surface area contributed by atoms with Crippen molar-refractivity contribution >= 4 is 21.9 Å². The predicted octanol–water partition coefficient (Wildman–Crippen LogP) is -1.71. The molecule has 0 aliphatic heterocycles. The predicted molar refractivity (Wildman–Crippen MR) is 63.6 cm³/mol. The van der Waals surface area contributed by atoms with Gasteiger partial charge in [0.15, 0.2) is 0 Å². The summed E-state index contributed by atoms with van der Waals surface area (Å²) in [5.41, 5.74) is 0. The number of nitrogens with one attached hydrogen (secondary N) is 2. The summed E-state index contributed by atoms with van der Waals surface area (Å²) in [6.45, 7) is 0.739. The van der Waals surface area contributed by atoms with Crippen LogP contribution in [0.25, 0.3) is 0 Å². The Morgan fingerprint density at radius 1 is 1.53 bits per heavy atom. The van der Waals surface area contributed by atoms with Gasteiger partial charge in [0.05, 0.1) is 12.2 Å². The zero-order valence-corrected chi connectivity index (χ0v) is 11.1. The highest BCUT2D eigenvalue weighted by Gasteiger charge is 2.23. The van der Waals surface area contributed by atoms with Gasteiger partial charge in [-0.3, -0.25) is 14.3 Å². The van der Waals surface area contributed by atoms with Gasteiger partial charge in [0.1, 0.15) is 11.4 Å². The van der Waals surface area contributed by atoms with Crippen molar-refractivity contribution < 1.29 is 23.1 Å². The van der Waals surface area contributed by atoms with E-state index in [4.69, 9.17) is 5.11 Å². The van der Waals surface area contributed by atoms with Gasteiger partial charge in [-0.05, 0) is 6.92 Å². The standard InChI is InChI=1S/C9H14N4O5S/c1-6(9(16)10-4-8(14)15)12-19(17,18)7-3-11-13(2)5-7/h3,5-6,12H,4H2,1-2H3,(H,10,16)(H,14,15). The lowest BCUT2D eigenvalue weighted by molar-refractivity contribution is -0.138. The SMILES string of the molecule is CC(NS(=O)(=O)c1cnn(C)c1)C(=O)NCC(=O)O. The number of hydrogen-bond acceptors (Lipinski definition) is 5. The first-order valence-corrected chi connectivity index (χ1v) is 6.71. The van der Waals surface area contributed by atoms with E-state index < -0.39 is 34.5 Å². The molecule has 19 heavy (non-hydrogen) atoms. The van der Waals surface area contributed by atoms with E-state index in [0.717, 1.165) is 6.20 Å². The number of carboxylic acids is 1. The maximum atomic E-state index is 11.8. The first kappa shape index (κ1) is 15.1. The van der Waals surface area contributed by atoms with Crippen LogP contribution in [0.3, 0.4) is 0 Å². The lowest BCUT2D eigenvalue weighted by Gasteiger charge is -2.12. The average Bonchev–Trinajstić information content (AvgIpc) is 2.72. The van der Waals surface area contributed by atoms with Crippen molar-refractivity contribution in [3.63, 3.8) is 0 Å². The number of amides is 1. The maximum absolute atomic E-state index is 11.8. The Morgan fingerprint density at radius 3 is 2.63 bits per heavy atom. The molecule has 0 radical (unpaired) electrons. The van der Waals surface area contributed by atoms with Crippen molar-refractivity contribution in [3.8, 4) is 0 Å². The number of carbonyl (C=O) groups excluding carboxylic acids is 1. The molecule has 0 aliphatic carbocycles. The van der Waals surface area contributed by atoms with E-state index in [1.807, 2.05) is 0 Å². The number of aliphatic carboxylic acids is 1. The first-order valence-electron chi connectivity index (χ1n) is 5.23. The van der Waals surface area contributed by atoms with Gasteiger partial charge in [-0.25, -0.2) is 8.42 Å². The van der Waals surface area contributed by atoms with Gasteiger partial charge in [0, 0.05) is 13.2 Å². The van der Waals surface area contributed by atoms with E-state index in [0.29, 0.717) is 0 Å². The molecule has 1 heterocycles. The zero-order valence-electron chi connectivity index (χ0n) is 10.3. The van der Waals surface area contributed by atoms with Crippen LogP contribution in [-0.2, 0) is 26.7 Å². The van der Waals surface area contributed by atoms with Crippen LogP contribution in [-0.4, -0.2) is 47.8 Å². The van der Waals surface area contributed by atoms with Crippen LogP contribution in [0, 0.1) is 0 Å². The van der Waals surface area contributed by atoms with Gasteiger partial charge in [-0.2, -0.15) is 9.82 Å². The highest BCUT2D eigenvalue weighted by Crippen LogP contribution is 2.06. The Morgan fingerprint density at radius 2 is 2.16 bits per heavy atom. The molecule has 1 atom stereocenters. The Hall–Kier alpha value is -1.94. The molecular formula is C9H14N4O5S. The molecular weight excluding hydrogens is 276 g/mol. The molecule has 9 nitrogen and oxygen atoms in total. The minimum Gasteiger partial charge on any atom is -0.480 e. The lowest BCUT2D eigenvalue weighted by Crippen LogP contribution is -2.45. The van der Waals surface area contributed by atoms with Crippen LogP contribution >= 0.6 is 0 Å². The zero-order chi connectivity index (χ0) is 14.6. The molecule has 10 heteroatoms. The van der Waals surface area contributed by atoms with E-state index >= 15 is 0 Å². The molecule has 0 bridgehead atoms. The lowest BCUT2D eigenvalue weighted by atomic mass is 10.3. The normalized spacial score (nSPS) is 12.9. The van der Waals surface area contributed by atoms with Crippen molar-refractivity contribution in [2.75, 3.05) is 6.54 Å². The highest BCUT2D eigenvalue weighted by atomic mass is 32.2. The molecule has 0 saturated heterocycles. The molecule has 0 spiro atoms. The Kier molecular flexibility index (Phi) is 4.62. The van der Waals surface area contributed by atoms with E-state index in [1.165, 1.54) is 17.8 Å². The summed E-state index contributed by atoms with van der Waals surface area (Å²) in [7, 11) is -2.31. The summed E-state index contributed by atoms with van der Waals surface area (Å²) in [6, 6.07) is -1.09. The van der Waals surface area contributed by atoms with Gasteiger partial charge in [0.2, 0.25) is 15.9 Å². The molecule has 0 aromatic carbocycles. The number of nitrogens with zero attached hydrogens (tertiary/aromatic N) is 2. The number of hydrogen-bond donors (Lipinski definition) is 3. The molecule has 3 N–H and O–H groups in total. The highest BCUT2D eigenvalue weighted by molar-refractivity contribution is 7.89. The van der Waals surface area contributed by atoms with Crippen molar-refractivity contribution in [1.29, 1.82) is 0 Å². The number of aryl methyl sites for hydroxylation is 1. The molecule has 0 aliphatic rings. The molecule has 1 aromatic rings. The van der Waals surface area contributed by atoms with Crippen LogP contribution in [0.4, 0.5) is 0 Å². The van der Waals surface area contributed by atoms with Crippen LogP contribution < -0.4 is 10.0 Å². The summed E-state index contributed by atoms with van der Waals surface area (Å²) in [6.07, 6.45) is 2.43. The minimum absolute atomic E-state index is 0.0760. The third-order valence-corrected chi connectivity index (χ3v) is 3.63. The second-order valence-corrected chi connectivity index (χ2v) is 5.52. The van der Waals surface area contributed by atoms with Crippen molar-refractivity contribution in [2.24, 2.45) is 7.05 Å². The van der Waals surface area contributed by atoms with Crippen molar-refractivity contribution in [3.05, 3.63) is 12.4 Å². The van der Waals surface area contributed by atoms with Crippen molar-refractivity contribution in [1.82, 2.24) is 19.8 Å². The number of carbonyl (C=O) groups is 2. The molecule has 1 rings (SSSR count). The second kappa shape index (κ2) is 5.80. The first-order chi connectivity index (χ1) is 8.72. The van der Waals surface area contributed by atoms with E-state index in [9.17, 15) is 18.0 Å². The summed E-state index contributed by atoms with van der Waals surface area (Å²) in [4.78, 5) is 21.6. The topological polar surface area (TPSA) is 130 Å². The smallest absolute Gasteiger partial charge is 0.322 e. The van der Waals surface area contributed by atoms with Gasteiger partial charge in [-0.15, -0.1) is 0 Å². The number of carboxylic acid groups (broad SMARTS) is 1. The van der Waals surface area contributed by atoms with Gasteiger partial charge in [-0.1, -0.05) is 0 Å². The third kappa shape index (κ3) is 4.34. The van der Waals surface area contributed by atoms with Crippen LogP contribution in [0.1, 0.15) is 6.92 Å². The second-order valence-electron chi connectivity index (χ2n) is 3.80. The van der Waals surface area contributed by atoms with E-state index in [1.54, 1.807) is 7.05 Å². The van der Waals surface area contributed by atoms with Crippen LogP contribution in [0.5, 0.6) is 0 Å². The summed E-state index contributed by atoms with van der Waals surface area (Å²) >= 11 is 0. The quantitative estimate of drug-likeness (QED) is 0.571. The van der Waals surface area contributed by atoms with Crippen LogP contribution in [0.15, 0.2) is 17.3 Å². The summed E-state index contributed by atoms with van der Waals surface area (Å²) in [5.74, 6) is -1.94. The monoisotopic (exact) mass is 290 g/mol. The molecule has 1 aromatic heterocycles. The fourth-order valence-corrected chi connectivity index (χ4v) is 2.39. The fourth-order valence-electron chi connectivity index (χ4n) is 1.21. The Labute approximate surface area is 109 Å². The molecule has 1 amide bonds. The van der Waals surface area contributed by atoms with E-state index in [-0.39, 0.29) is 4.90 Å². The van der Waals surface area contributed by atoms with Gasteiger partial charge in [0.25, 0.3) is 0 Å². The van der Waals surface area contributed by atoms with Gasteiger partial charge >= 0.3 is 5.97 Å². The van der Waals surface area contributed by atoms with Crippen molar-refractivity contribution in [2.45, 2.75) is 17.9 Å². The largest absolute Gasteiger partial charge is 0.480 e. The van der Waals surface area contributed by atoms with Crippen LogP contribution in [0.2, 0.25) is 0 Å².